The van der Waals surface area contributed by atoms with Crippen molar-refractivity contribution in [2.75, 3.05) is 13.1 Å². The summed E-state index contributed by atoms with van der Waals surface area (Å²) in [7, 11) is 0. The third kappa shape index (κ3) is 3.68. The molecule has 5 atom stereocenters. The monoisotopic (exact) mass is 369 g/mol. The highest BCUT2D eigenvalue weighted by Gasteiger charge is 2.60. The summed E-state index contributed by atoms with van der Waals surface area (Å²) in [6.07, 6.45) is -0.207. The van der Waals surface area contributed by atoms with E-state index in [1.807, 2.05) is 54.5 Å². The third-order valence-electron chi connectivity index (χ3n) is 4.99. The summed E-state index contributed by atoms with van der Waals surface area (Å²) in [5.41, 5.74) is 0.627. The number of carbonyl (C=O) groups is 1. The highest BCUT2D eigenvalue weighted by atomic mass is 16.9. The van der Waals surface area contributed by atoms with Gasteiger partial charge < -0.3 is 28.6 Å². The number of hydrogen-bond donors (Lipinski definition) is 0. The third-order valence-corrected chi connectivity index (χ3v) is 4.99. The van der Waals surface area contributed by atoms with E-state index in [1.54, 1.807) is 4.90 Å². The molecule has 3 rings (SSSR count). The van der Waals surface area contributed by atoms with Crippen LogP contribution in [0.3, 0.4) is 0 Å². The van der Waals surface area contributed by atoms with Crippen molar-refractivity contribution in [1.82, 2.24) is 4.90 Å². The lowest BCUT2D eigenvalue weighted by Gasteiger charge is -2.36. The maximum Gasteiger partial charge on any atom is 0.249 e. The molecule has 0 aromatic carbocycles. The molecule has 0 aliphatic carbocycles. The molecule has 26 heavy (non-hydrogen) atoms. The number of ether oxygens (including phenoxy) is 5. The molecule has 3 aliphatic heterocycles. The van der Waals surface area contributed by atoms with Crippen LogP contribution < -0.4 is 0 Å². The minimum absolute atomic E-state index is 0.000584. The van der Waals surface area contributed by atoms with Crippen molar-refractivity contribution in [3.63, 3.8) is 0 Å². The van der Waals surface area contributed by atoms with Crippen LogP contribution in [-0.4, -0.2) is 66.2 Å². The Morgan fingerprint density at radius 3 is 2.08 bits per heavy atom. The second-order valence-electron chi connectivity index (χ2n) is 7.96. The Labute approximate surface area is 155 Å². The first-order valence-electron chi connectivity index (χ1n) is 9.41. The largest absolute Gasteiger partial charge is 0.342 e. The molecule has 0 bridgehead atoms. The molecule has 3 aliphatic rings. The summed E-state index contributed by atoms with van der Waals surface area (Å²) < 4.78 is 30.2. The van der Waals surface area contributed by atoms with Gasteiger partial charge in [0.2, 0.25) is 5.91 Å². The first kappa shape index (κ1) is 19.8. The summed E-state index contributed by atoms with van der Waals surface area (Å²) in [5.74, 6) is -1.49. The van der Waals surface area contributed by atoms with E-state index in [2.05, 4.69) is 0 Å². The van der Waals surface area contributed by atoms with Crippen molar-refractivity contribution < 1.29 is 28.5 Å². The lowest BCUT2D eigenvalue weighted by Crippen LogP contribution is -2.54. The number of likely N-dealkylation sites (N-methyl/N-ethyl adjacent to an activating group) is 1. The second-order valence-corrected chi connectivity index (χ2v) is 7.96. The quantitative estimate of drug-likeness (QED) is 0.708. The molecular weight excluding hydrogens is 338 g/mol. The standard InChI is InChI=1S/C19H31NO6/c1-8-20(9-2)16(21)11(3)10-12-13-14(24-18(4,5)23-13)15-17(22-12)26-19(6,7)25-15/h10,12-15,17H,8-9H2,1-7H3/b11-10+/t12-,13+,14+,15-,17-/m1/s1. The van der Waals surface area contributed by atoms with Gasteiger partial charge in [-0.3, -0.25) is 4.79 Å². The minimum Gasteiger partial charge on any atom is -0.342 e. The molecule has 0 unspecified atom stereocenters. The summed E-state index contributed by atoms with van der Waals surface area (Å²) >= 11 is 0. The van der Waals surface area contributed by atoms with Crippen molar-refractivity contribution in [3.05, 3.63) is 11.6 Å². The molecule has 7 heteroatoms. The summed E-state index contributed by atoms with van der Waals surface area (Å²) in [4.78, 5) is 14.4. The number of fused-ring (bicyclic) bond motifs is 3. The first-order valence-corrected chi connectivity index (χ1v) is 9.41. The van der Waals surface area contributed by atoms with Gasteiger partial charge in [-0.05, 0) is 54.5 Å². The van der Waals surface area contributed by atoms with Crippen molar-refractivity contribution >= 4 is 5.91 Å². The van der Waals surface area contributed by atoms with E-state index < -0.39 is 24.0 Å². The van der Waals surface area contributed by atoms with E-state index >= 15 is 0 Å². The Kier molecular flexibility index (Phi) is 5.22. The summed E-state index contributed by atoms with van der Waals surface area (Å²) in [6, 6.07) is 0. The normalized spacial score (nSPS) is 38.0. The Balaban J connectivity index is 1.85. The summed E-state index contributed by atoms with van der Waals surface area (Å²) in [6.45, 7) is 14.5. The predicted molar refractivity (Wildman–Crippen MR) is 94.2 cm³/mol. The minimum atomic E-state index is -0.749. The average Bonchev–Trinajstić information content (AvgIpc) is 3.03. The zero-order valence-corrected chi connectivity index (χ0v) is 16.8. The van der Waals surface area contributed by atoms with Crippen LogP contribution in [0, 0.1) is 0 Å². The molecule has 0 radical (unpaired) electrons. The van der Waals surface area contributed by atoms with Gasteiger partial charge in [0.25, 0.3) is 0 Å². The van der Waals surface area contributed by atoms with Gasteiger partial charge in [0.1, 0.15) is 24.4 Å². The fraction of sp³-hybridized carbons (Fsp3) is 0.842. The maximum atomic E-state index is 12.6. The SMILES string of the molecule is CCN(CC)C(=O)/C(C)=C/[C@H]1O[C@@H]2OC(C)(C)O[C@@H]2[C@H]2OC(C)(C)O[C@H]21. The predicted octanol–water partition coefficient (Wildman–Crippen LogP) is 2.20. The van der Waals surface area contributed by atoms with Gasteiger partial charge in [-0.2, -0.15) is 0 Å². The van der Waals surface area contributed by atoms with Crippen LogP contribution in [0.25, 0.3) is 0 Å². The number of amides is 1. The highest BCUT2D eigenvalue weighted by molar-refractivity contribution is 5.92. The molecule has 0 N–H and O–H groups in total. The number of rotatable bonds is 4. The van der Waals surface area contributed by atoms with Gasteiger partial charge in [0.15, 0.2) is 17.9 Å². The van der Waals surface area contributed by atoms with E-state index in [4.69, 9.17) is 23.7 Å². The molecule has 3 fully saturated rings. The van der Waals surface area contributed by atoms with Gasteiger partial charge in [-0.15, -0.1) is 0 Å². The number of carbonyl (C=O) groups excluding carboxylic acids is 1. The second kappa shape index (κ2) is 6.87. The fourth-order valence-corrected chi connectivity index (χ4v) is 3.85. The maximum absolute atomic E-state index is 12.6. The fourth-order valence-electron chi connectivity index (χ4n) is 3.85. The Bertz CT molecular complexity index is 583. The Hall–Kier alpha value is -0.990. The zero-order chi connectivity index (χ0) is 19.3. The average molecular weight is 369 g/mol. The van der Waals surface area contributed by atoms with E-state index in [-0.39, 0.29) is 24.2 Å². The topological polar surface area (TPSA) is 66.5 Å². The molecule has 3 saturated heterocycles. The molecule has 3 heterocycles. The van der Waals surface area contributed by atoms with Crippen LogP contribution in [0.2, 0.25) is 0 Å². The molecule has 0 saturated carbocycles. The van der Waals surface area contributed by atoms with Crippen LogP contribution in [0.5, 0.6) is 0 Å². The van der Waals surface area contributed by atoms with Crippen molar-refractivity contribution in [2.45, 2.75) is 90.7 Å². The smallest absolute Gasteiger partial charge is 0.249 e. The van der Waals surface area contributed by atoms with Crippen LogP contribution >= 0.6 is 0 Å². The van der Waals surface area contributed by atoms with E-state index in [1.165, 1.54) is 0 Å². The molecule has 1 amide bonds. The Morgan fingerprint density at radius 1 is 0.923 bits per heavy atom. The molecule has 148 valence electrons. The summed E-state index contributed by atoms with van der Waals surface area (Å²) in [5, 5.41) is 0. The molecule has 0 spiro atoms. The van der Waals surface area contributed by atoms with Gasteiger partial charge in [-0.25, -0.2) is 0 Å². The molecular formula is C19H31NO6. The lowest BCUT2D eigenvalue weighted by atomic mass is 9.97. The van der Waals surface area contributed by atoms with Gasteiger partial charge in [0.05, 0.1) is 0 Å². The van der Waals surface area contributed by atoms with Crippen LogP contribution in [0.4, 0.5) is 0 Å². The Morgan fingerprint density at radius 2 is 1.46 bits per heavy atom. The van der Waals surface area contributed by atoms with Gasteiger partial charge >= 0.3 is 0 Å². The van der Waals surface area contributed by atoms with Crippen molar-refractivity contribution in [1.29, 1.82) is 0 Å². The number of nitrogens with zero attached hydrogens (tertiary/aromatic N) is 1. The van der Waals surface area contributed by atoms with Crippen molar-refractivity contribution in [2.24, 2.45) is 0 Å². The van der Waals surface area contributed by atoms with Gasteiger partial charge in [0, 0.05) is 18.7 Å². The van der Waals surface area contributed by atoms with Crippen LogP contribution in [0.1, 0.15) is 48.5 Å². The first-order chi connectivity index (χ1) is 12.1. The molecule has 0 aromatic rings. The van der Waals surface area contributed by atoms with Crippen LogP contribution in [-0.2, 0) is 28.5 Å². The lowest BCUT2D eigenvalue weighted by molar-refractivity contribution is -0.222. The van der Waals surface area contributed by atoms with E-state index in [9.17, 15) is 4.79 Å². The van der Waals surface area contributed by atoms with Crippen molar-refractivity contribution in [3.8, 4) is 0 Å². The van der Waals surface area contributed by atoms with E-state index in [0.29, 0.717) is 18.7 Å². The zero-order valence-electron chi connectivity index (χ0n) is 16.8. The highest BCUT2D eigenvalue weighted by Crippen LogP contribution is 2.44. The number of hydrogen-bond acceptors (Lipinski definition) is 6. The van der Waals surface area contributed by atoms with Gasteiger partial charge in [-0.1, -0.05) is 0 Å². The molecule has 0 aromatic heterocycles. The molecule has 7 nitrogen and oxygen atoms in total. The van der Waals surface area contributed by atoms with Crippen LogP contribution in [0.15, 0.2) is 11.6 Å². The van der Waals surface area contributed by atoms with E-state index in [0.717, 1.165) is 0 Å².